The zero-order valence-corrected chi connectivity index (χ0v) is 18.9. The molecule has 1 saturated heterocycles. The molecular formula is C21H22ClN3O6S. The smallest absolute Gasteiger partial charge is 0.262 e. The molecule has 0 bridgehead atoms. The van der Waals surface area contributed by atoms with Crippen LogP contribution < -0.4 is 14.8 Å². The van der Waals surface area contributed by atoms with Gasteiger partial charge in [-0.15, -0.1) is 0 Å². The summed E-state index contributed by atoms with van der Waals surface area (Å²) in [4.78, 5) is 25.7. The minimum atomic E-state index is -3.91. The number of halogens is 1. The van der Waals surface area contributed by atoms with Crippen molar-refractivity contribution in [3.8, 4) is 11.5 Å². The highest BCUT2D eigenvalue weighted by Gasteiger charge is 2.33. The molecule has 0 aromatic heterocycles. The molecule has 0 atom stereocenters. The normalized spacial score (nSPS) is 16.7. The number of rotatable bonds is 5. The van der Waals surface area contributed by atoms with Gasteiger partial charge in [0.2, 0.25) is 15.9 Å². The molecule has 2 amide bonds. The van der Waals surface area contributed by atoms with Gasteiger partial charge in [0.25, 0.3) is 5.91 Å². The Bertz CT molecular complexity index is 1160. The van der Waals surface area contributed by atoms with Crippen LogP contribution in [0.3, 0.4) is 0 Å². The first-order valence-electron chi connectivity index (χ1n) is 9.95. The molecule has 2 heterocycles. The molecule has 0 radical (unpaired) electrons. The Hall–Kier alpha value is -2.82. The third kappa shape index (κ3) is 4.38. The lowest BCUT2D eigenvalue weighted by molar-refractivity contribution is -0.131. The number of ether oxygens (including phenoxy) is 2. The van der Waals surface area contributed by atoms with Crippen LogP contribution in [-0.4, -0.2) is 69.3 Å². The number of carbonyl (C=O) groups excluding carboxylic acids is 2. The Kier molecular flexibility index (Phi) is 6.27. The molecular weight excluding hydrogens is 458 g/mol. The second-order valence-corrected chi connectivity index (χ2v) is 9.70. The van der Waals surface area contributed by atoms with Crippen LogP contribution in [0.25, 0.3) is 0 Å². The highest BCUT2D eigenvalue weighted by atomic mass is 35.5. The van der Waals surface area contributed by atoms with Crippen molar-refractivity contribution in [2.75, 3.05) is 45.2 Å². The number of carbonyl (C=O) groups is 2. The lowest BCUT2D eigenvalue weighted by atomic mass is 10.1. The van der Waals surface area contributed by atoms with Crippen LogP contribution in [0.4, 0.5) is 5.69 Å². The molecule has 9 nitrogen and oxygen atoms in total. The molecule has 170 valence electrons. The van der Waals surface area contributed by atoms with Crippen molar-refractivity contribution in [3.63, 3.8) is 0 Å². The molecule has 0 saturated carbocycles. The Morgan fingerprint density at radius 2 is 1.91 bits per heavy atom. The minimum absolute atomic E-state index is 0.00997. The van der Waals surface area contributed by atoms with Crippen LogP contribution in [0.15, 0.2) is 41.3 Å². The van der Waals surface area contributed by atoms with Gasteiger partial charge in [0, 0.05) is 37.8 Å². The van der Waals surface area contributed by atoms with E-state index in [0.29, 0.717) is 11.4 Å². The van der Waals surface area contributed by atoms with E-state index in [1.165, 1.54) is 16.4 Å². The molecule has 0 aliphatic carbocycles. The quantitative estimate of drug-likeness (QED) is 0.700. The molecule has 0 unspecified atom stereocenters. The lowest BCUT2D eigenvalue weighted by Gasteiger charge is -2.34. The van der Waals surface area contributed by atoms with E-state index in [9.17, 15) is 18.0 Å². The van der Waals surface area contributed by atoms with Crippen LogP contribution in [0, 0.1) is 0 Å². The summed E-state index contributed by atoms with van der Waals surface area (Å²) < 4.78 is 38.3. The van der Waals surface area contributed by atoms with Crippen LogP contribution in [0.5, 0.6) is 11.5 Å². The number of fused-ring (bicyclic) bond motifs is 1. The first-order valence-corrected chi connectivity index (χ1v) is 11.8. The van der Waals surface area contributed by atoms with Crippen LogP contribution in [0.2, 0.25) is 5.02 Å². The van der Waals surface area contributed by atoms with Crippen molar-refractivity contribution in [2.24, 2.45) is 0 Å². The number of anilines is 1. The van der Waals surface area contributed by atoms with E-state index in [-0.39, 0.29) is 66.7 Å². The van der Waals surface area contributed by atoms with Crippen molar-refractivity contribution < 1.29 is 27.5 Å². The van der Waals surface area contributed by atoms with E-state index in [1.54, 1.807) is 18.1 Å². The molecule has 2 aliphatic heterocycles. The monoisotopic (exact) mass is 479 g/mol. The van der Waals surface area contributed by atoms with Gasteiger partial charge < -0.3 is 19.7 Å². The SMILES string of the molecule is COc1ccccc1CC(=O)N1CCN(S(=O)(=O)c2cc3c(cc2Cl)NC(=O)CO3)CC1. The molecule has 32 heavy (non-hydrogen) atoms. The Balaban J connectivity index is 1.45. The second kappa shape index (κ2) is 8.97. The van der Waals surface area contributed by atoms with Crippen molar-refractivity contribution in [1.82, 2.24) is 9.21 Å². The van der Waals surface area contributed by atoms with Gasteiger partial charge in [0.15, 0.2) is 6.61 Å². The zero-order valence-electron chi connectivity index (χ0n) is 17.3. The van der Waals surface area contributed by atoms with Crippen LogP contribution in [-0.2, 0) is 26.0 Å². The molecule has 1 fully saturated rings. The zero-order chi connectivity index (χ0) is 22.9. The molecule has 2 aromatic carbocycles. The predicted octanol–water partition coefficient (Wildman–Crippen LogP) is 1.76. The number of sulfonamides is 1. The van der Waals surface area contributed by atoms with E-state index < -0.39 is 10.0 Å². The Labute approximate surface area is 190 Å². The number of nitrogens with zero attached hydrogens (tertiary/aromatic N) is 2. The number of piperazine rings is 1. The van der Waals surface area contributed by atoms with Gasteiger partial charge in [0.05, 0.1) is 24.2 Å². The van der Waals surface area contributed by atoms with E-state index in [2.05, 4.69) is 5.32 Å². The summed E-state index contributed by atoms with van der Waals surface area (Å²) in [5.74, 6) is 0.460. The largest absolute Gasteiger partial charge is 0.496 e. The molecule has 1 N–H and O–H groups in total. The minimum Gasteiger partial charge on any atom is -0.496 e. The predicted molar refractivity (Wildman–Crippen MR) is 118 cm³/mol. The summed E-state index contributed by atoms with van der Waals surface area (Å²) in [7, 11) is -2.35. The lowest BCUT2D eigenvalue weighted by Crippen LogP contribution is -2.50. The third-order valence-electron chi connectivity index (χ3n) is 5.41. The number of nitrogens with one attached hydrogen (secondary N) is 1. The molecule has 11 heteroatoms. The van der Waals surface area contributed by atoms with Crippen molar-refractivity contribution >= 4 is 39.1 Å². The summed E-state index contributed by atoms with van der Waals surface area (Å²) in [6, 6.07) is 10.00. The Morgan fingerprint density at radius 1 is 1.19 bits per heavy atom. The first-order chi connectivity index (χ1) is 15.3. The average molecular weight is 480 g/mol. The van der Waals surface area contributed by atoms with Crippen molar-refractivity contribution in [2.45, 2.75) is 11.3 Å². The maximum absolute atomic E-state index is 13.2. The molecule has 2 aromatic rings. The molecule has 0 spiro atoms. The highest BCUT2D eigenvalue weighted by Crippen LogP contribution is 2.37. The third-order valence-corrected chi connectivity index (χ3v) is 7.77. The van der Waals surface area contributed by atoms with E-state index >= 15 is 0 Å². The van der Waals surface area contributed by atoms with Gasteiger partial charge in [0.1, 0.15) is 16.4 Å². The van der Waals surface area contributed by atoms with E-state index in [0.717, 1.165) is 5.56 Å². The maximum Gasteiger partial charge on any atom is 0.262 e. The Morgan fingerprint density at radius 3 is 2.62 bits per heavy atom. The summed E-state index contributed by atoms with van der Waals surface area (Å²) in [5.41, 5.74) is 1.11. The number of para-hydroxylation sites is 1. The van der Waals surface area contributed by atoms with E-state index in [4.69, 9.17) is 21.1 Å². The fraction of sp³-hybridized carbons (Fsp3) is 0.333. The molecule has 2 aliphatic rings. The van der Waals surface area contributed by atoms with Crippen LogP contribution >= 0.6 is 11.6 Å². The summed E-state index contributed by atoms with van der Waals surface area (Å²) in [6.07, 6.45) is 0.177. The van der Waals surface area contributed by atoms with Gasteiger partial charge in [-0.2, -0.15) is 4.31 Å². The first kappa shape index (κ1) is 22.4. The number of hydrogen-bond acceptors (Lipinski definition) is 6. The number of benzene rings is 2. The van der Waals surface area contributed by atoms with Gasteiger partial charge >= 0.3 is 0 Å². The number of methoxy groups -OCH3 is 1. The van der Waals surface area contributed by atoms with Crippen molar-refractivity contribution in [1.29, 1.82) is 0 Å². The number of amides is 2. The number of hydrogen-bond donors (Lipinski definition) is 1. The highest BCUT2D eigenvalue weighted by molar-refractivity contribution is 7.89. The summed E-state index contributed by atoms with van der Waals surface area (Å²) in [6.45, 7) is 0.627. The van der Waals surface area contributed by atoms with Gasteiger partial charge in [-0.25, -0.2) is 8.42 Å². The van der Waals surface area contributed by atoms with Gasteiger partial charge in [-0.1, -0.05) is 29.8 Å². The van der Waals surface area contributed by atoms with Gasteiger partial charge in [-0.3, -0.25) is 9.59 Å². The fourth-order valence-corrected chi connectivity index (χ4v) is 5.66. The standard InChI is InChI=1S/C21H22ClN3O6S/c1-30-17-5-3-2-4-14(17)10-21(27)24-6-8-25(9-7-24)32(28,29)19-12-18-16(11-15(19)22)23-20(26)13-31-18/h2-5,11-12H,6-10,13H2,1H3,(H,23,26). The summed E-state index contributed by atoms with van der Waals surface area (Å²) in [5, 5.41) is 2.59. The average Bonchev–Trinajstić information content (AvgIpc) is 2.78. The van der Waals surface area contributed by atoms with E-state index in [1.807, 2.05) is 18.2 Å². The summed E-state index contributed by atoms with van der Waals surface area (Å²) >= 11 is 6.22. The fourth-order valence-electron chi connectivity index (χ4n) is 3.72. The van der Waals surface area contributed by atoms with Crippen molar-refractivity contribution in [3.05, 3.63) is 47.0 Å². The second-order valence-electron chi connectivity index (χ2n) is 7.39. The maximum atomic E-state index is 13.2. The topological polar surface area (TPSA) is 105 Å². The van der Waals surface area contributed by atoms with Gasteiger partial charge in [-0.05, 0) is 12.1 Å². The molecule has 4 rings (SSSR count). The van der Waals surface area contributed by atoms with Crippen LogP contribution in [0.1, 0.15) is 5.56 Å².